The summed E-state index contributed by atoms with van der Waals surface area (Å²) in [5.41, 5.74) is 0.774. The summed E-state index contributed by atoms with van der Waals surface area (Å²) in [6.45, 7) is 7.73. The molecule has 6 nitrogen and oxygen atoms in total. The number of nitrogens with zero attached hydrogens (tertiary/aromatic N) is 3. The Hall–Kier alpha value is -1.83. The van der Waals surface area contributed by atoms with Crippen molar-refractivity contribution in [3.63, 3.8) is 0 Å². The molecule has 1 aliphatic rings. The molecule has 1 aromatic carbocycles. The fraction of sp³-hybridized carbons (Fsp3) is 0.500. The number of nitroso groups, excluding NO2 is 1. The zero-order valence-electron chi connectivity index (χ0n) is 16.3. The molecule has 0 N–H and O–H groups in total. The van der Waals surface area contributed by atoms with Gasteiger partial charge in [-0.2, -0.15) is 9.90 Å². The van der Waals surface area contributed by atoms with E-state index < -0.39 is 5.91 Å². The number of halogens is 1. The van der Waals surface area contributed by atoms with Crippen molar-refractivity contribution in [1.29, 1.82) is 0 Å². The average Bonchev–Trinajstić information content (AvgIpc) is 3.27. The lowest BCUT2D eigenvalue weighted by Crippen LogP contribution is -2.23. The standard InChI is InChI=1S/C20H24ClN3O3S/c1-20(2,3)17-12-24(11-15-5-4-8-27-15)19(28-17)23-18(25)16-9-14(21)7-6-13(16)10-22-26/h6-7,9,12,15H,4-5,8,10-11H2,1-3H3/t15-/m1/s1. The molecule has 1 atom stereocenters. The van der Waals surface area contributed by atoms with Crippen molar-refractivity contribution in [1.82, 2.24) is 4.57 Å². The highest BCUT2D eigenvalue weighted by atomic mass is 35.5. The highest BCUT2D eigenvalue weighted by molar-refractivity contribution is 7.09. The average molecular weight is 422 g/mol. The lowest BCUT2D eigenvalue weighted by Gasteiger charge is -2.15. The van der Waals surface area contributed by atoms with E-state index in [1.807, 2.05) is 4.57 Å². The minimum Gasteiger partial charge on any atom is -0.376 e. The van der Waals surface area contributed by atoms with Crippen molar-refractivity contribution < 1.29 is 9.53 Å². The predicted molar refractivity (Wildman–Crippen MR) is 111 cm³/mol. The SMILES string of the molecule is CC(C)(C)c1cn(C[C@H]2CCCO2)c(=NC(=O)c2cc(Cl)ccc2CN=O)s1. The first-order chi connectivity index (χ1) is 13.3. The maximum absolute atomic E-state index is 12.9. The second kappa shape index (κ2) is 8.68. The first-order valence-electron chi connectivity index (χ1n) is 9.27. The van der Waals surface area contributed by atoms with Crippen LogP contribution in [0.25, 0.3) is 0 Å². The monoisotopic (exact) mass is 421 g/mol. The van der Waals surface area contributed by atoms with Crippen LogP contribution in [-0.4, -0.2) is 23.2 Å². The molecule has 150 valence electrons. The summed E-state index contributed by atoms with van der Waals surface area (Å²) in [5, 5.41) is 3.32. The summed E-state index contributed by atoms with van der Waals surface area (Å²) >= 11 is 7.55. The first kappa shape index (κ1) is 20.9. The maximum Gasteiger partial charge on any atom is 0.280 e. The Labute approximate surface area is 173 Å². The fourth-order valence-corrected chi connectivity index (χ4v) is 4.28. The van der Waals surface area contributed by atoms with E-state index >= 15 is 0 Å². The predicted octanol–water partition coefficient (Wildman–Crippen LogP) is 4.69. The van der Waals surface area contributed by atoms with E-state index in [2.05, 4.69) is 37.1 Å². The van der Waals surface area contributed by atoms with Crippen LogP contribution in [0.2, 0.25) is 5.02 Å². The molecule has 1 aromatic heterocycles. The van der Waals surface area contributed by atoms with Gasteiger partial charge in [-0.05, 0) is 36.0 Å². The highest BCUT2D eigenvalue weighted by Crippen LogP contribution is 2.25. The number of rotatable bonds is 5. The van der Waals surface area contributed by atoms with Gasteiger partial charge in [0.2, 0.25) is 0 Å². The van der Waals surface area contributed by atoms with Gasteiger partial charge < -0.3 is 9.30 Å². The van der Waals surface area contributed by atoms with Crippen LogP contribution in [0.15, 0.2) is 34.6 Å². The Morgan fingerprint density at radius 1 is 1.39 bits per heavy atom. The first-order valence-corrected chi connectivity index (χ1v) is 10.5. The van der Waals surface area contributed by atoms with Gasteiger partial charge in [-0.25, -0.2) is 0 Å². The van der Waals surface area contributed by atoms with E-state index in [0.717, 1.165) is 24.3 Å². The number of carbonyl (C=O) groups excluding carboxylic acids is 1. The molecule has 2 heterocycles. The summed E-state index contributed by atoms with van der Waals surface area (Å²) < 4.78 is 7.76. The van der Waals surface area contributed by atoms with E-state index in [-0.39, 0.29) is 18.1 Å². The van der Waals surface area contributed by atoms with Gasteiger partial charge in [0.1, 0.15) is 6.54 Å². The zero-order chi connectivity index (χ0) is 20.3. The Balaban J connectivity index is 2.02. The van der Waals surface area contributed by atoms with Crippen LogP contribution < -0.4 is 4.80 Å². The molecular formula is C20H24ClN3O3S. The number of carbonyl (C=O) groups is 1. The molecule has 0 radical (unpaired) electrons. The minimum absolute atomic E-state index is 0.0532. The molecular weight excluding hydrogens is 398 g/mol. The minimum atomic E-state index is -0.426. The molecule has 1 saturated heterocycles. The molecule has 1 aliphatic heterocycles. The van der Waals surface area contributed by atoms with Gasteiger partial charge in [0.15, 0.2) is 4.80 Å². The second-order valence-corrected chi connectivity index (χ2v) is 9.37. The zero-order valence-corrected chi connectivity index (χ0v) is 17.8. The van der Waals surface area contributed by atoms with Gasteiger partial charge in [0.05, 0.1) is 12.6 Å². The lowest BCUT2D eigenvalue weighted by molar-refractivity contribution is 0.0949. The lowest BCUT2D eigenvalue weighted by atomic mass is 9.95. The number of amides is 1. The van der Waals surface area contributed by atoms with Gasteiger partial charge in [0, 0.05) is 28.3 Å². The van der Waals surface area contributed by atoms with Crippen LogP contribution >= 0.6 is 22.9 Å². The Kier molecular flexibility index (Phi) is 6.47. The van der Waals surface area contributed by atoms with Crippen LogP contribution in [0, 0.1) is 4.91 Å². The van der Waals surface area contributed by atoms with E-state index in [4.69, 9.17) is 16.3 Å². The smallest absolute Gasteiger partial charge is 0.280 e. The van der Waals surface area contributed by atoms with Crippen LogP contribution in [0.4, 0.5) is 0 Å². The van der Waals surface area contributed by atoms with Crippen molar-refractivity contribution in [2.24, 2.45) is 10.2 Å². The van der Waals surface area contributed by atoms with E-state index in [1.54, 1.807) is 12.1 Å². The fourth-order valence-electron chi connectivity index (χ4n) is 3.05. The van der Waals surface area contributed by atoms with Crippen molar-refractivity contribution in [3.8, 4) is 0 Å². The summed E-state index contributed by atoms with van der Waals surface area (Å²) in [7, 11) is 0. The summed E-state index contributed by atoms with van der Waals surface area (Å²) in [5.74, 6) is -0.426. The van der Waals surface area contributed by atoms with Crippen molar-refractivity contribution in [2.75, 3.05) is 6.61 Å². The second-order valence-electron chi connectivity index (χ2n) is 7.92. The summed E-state index contributed by atoms with van der Waals surface area (Å²) in [6, 6.07) is 4.82. The normalized spacial score (nSPS) is 17.9. The number of benzene rings is 1. The molecule has 3 rings (SSSR count). The Morgan fingerprint density at radius 3 is 2.82 bits per heavy atom. The molecule has 1 fully saturated rings. The van der Waals surface area contributed by atoms with Crippen molar-refractivity contribution in [2.45, 2.75) is 58.2 Å². The molecule has 0 saturated carbocycles. The number of aromatic nitrogens is 1. The quantitative estimate of drug-likeness (QED) is 0.657. The van der Waals surface area contributed by atoms with Crippen LogP contribution in [0.1, 0.15) is 54.4 Å². The Morgan fingerprint density at radius 2 is 2.18 bits per heavy atom. The molecule has 0 unspecified atom stereocenters. The summed E-state index contributed by atoms with van der Waals surface area (Å²) in [4.78, 5) is 29.7. The van der Waals surface area contributed by atoms with Crippen molar-refractivity contribution >= 4 is 28.8 Å². The van der Waals surface area contributed by atoms with Crippen molar-refractivity contribution in [3.05, 3.63) is 55.1 Å². The molecule has 0 aliphatic carbocycles. The van der Waals surface area contributed by atoms with Gasteiger partial charge in [-0.15, -0.1) is 11.3 Å². The van der Waals surface area contributed by atoms with E-state index in [9.17, 15) is 9.70 Å². The number of ether oxygens (including phenoxy) is 1. The molecule has 2 aromatic rings. The highest BCUT2D eigenvalue weighted by Gasteiger charge is 2.22. The third-order valence-electron chi connectivity index (χ3n) is 4.62. The largest absolute Gasteiger partial charge is 0.376 e. The van der Waals surface area contributed by atoms with Gasteiger partial charge in [-0.3, -0.25) is 4.79 Å². The van der Waals surface area contributed by atoms with Crippen LogP contribution in [0.3, 0.4) is 0 Å². The van der Waals surface area contributed by atoms with Crippen LogP contribution in [-0.2, 0) is 23.2 Å². The Bertz CT molecular complexity index is 937. The van der Waals surface area contributed by atoms with E-state index in [1.165, 1.54) is 17.4 Å². The molecule has 0 bridgehead atoms. The number of hydrogen-bond donors (Lipinski definition) is 0. The van der Waals surface area contributed by atoms with Crippen LogP contribution in [0.5, 0.6) is 0 Å². The third kappa shape index (κ3) is 4.96. The van der Waals surface area contributed by atoms with Gasteiger partial charge >= 0.3 is 0 Å². The number of thiazole rings is 1. The summed E-state index contributed by atoms with van der Waals surface area (Å²) in [6.07, 6.45) is 4.25. The third-order valence-corrected chi connectivity index (χ3v) is 6.30. The maximum atomic E-state index is 12.9. The molecule has 8 heteroatoms. The molecule has 1 amide bonds. The molecule has 0 spiro atoms. The topological polar surface area (TPSA) is 73.0 Å². The number of hydrogen-bond acceptors (Lipinski definition) is 5. The van der Waals surface area contributed by atoms with E-state index in [0.29, 0.717) is 27.5 Å². The van der Waals surface area contributed by atoms with Gasteiger partial charge in [-0.1, -0.05) is 43.6 Å². The van der Waals surface area contributed by atoms with Gasteiger partial charge in [0.25, 0.3) is 5.91 Å². The molecule has 28 heavy (non-hydrogen) atoms.